The summed E-state index contributed by atoms with van der Waals surface area (Å²) in [6.45, 7) is 0. The maximum absolute atomic E-state index is 11.8. The zero-order valence-electron chi connectivity index (χ0n) is 9.94. The molecular weight excluding hydrogens is 326 g/mol. The summed E-state index contributed by atoms with van der Waals surface area (Å²) in [4.78, 5) is 11.8. The Hall–Kier alpha value is -1.58. The van der Waals surface area contributed by atoms with Crippen molar-refractivity contribution in [2.24, 2.45) is 0 Å². The summed E-state index contributed by atoms with van der Waals surface area (Å²) in [5, 5.41) is 3.47. The highest BCUT2D eigenvalue weighted by Gasteiger charge is 2.01. The molecule has 0 aliphatic carbocycles. The number of rotatable bonds is 3. The van der Waals surface area contributed by atoms with Gasteiger partial charge in [-0.15, -0.1) is 0 Å². The molecule has 0 aliphatic rings. The first-order valence-corrected chi connectivity index (χ1v) is 6.81. The lowest BCUT2D eigenvalue weighted by Crippen LogP contribution is -2.07. The van der Waals surface area contributed by atoms with E-state index >= 15 is 0 Å². The molecule has 0 atom stereocenters. The van der Waals surface area contributed by atoms with E-state index in [1.54, 1.807) is 18.2 Å². The van der Waals surface area contributed by atoms with E-state index < -0.39 is 0 Å². The largest absolute Gasteiger partial charge is 0.321 e. The zero-order chi connectivity index (χ0) is 13.7. The number of anilines is 1. The topological polar surface area (TPSA) is 29.1 Å². The van der Waals surface area contributed by atoms with E-state index in [4.69, 9.17) is 11.6 Å². The molecule has 0 bridgehead atoms. The quantitative estimate of drug-likeness (QED) is 0.805. The first-order chi connectivity index (χ1) is 9.15. The SMILES string of the molecule is O=C(C=Cc1ccc(Cl)cc1)Nc1ccccc1Br. The Kier molecular flexibility index (Phi) is 4.77. The molecule has 0 fully saturated rings. The molecule has 0 saturated heterocycles. The Labute approximate surface area is 125 Å². The summed E-state index contributed by atoms with van der Waals surface area (Å²) in [5.41, 5.74) is 1.67. The van der Waals surface area contributed by atoms with Gasteiger partial charge in [-0.25, -0.2) is 0 Å². The van der Waals surface area contributed by atoms with Crippen LogP contribution in [0.3, 0.4) is 0 Å². The Balaban J connectivity index is 2.02. The molecule has 0 spiro atoms. The van der Waals surface area contributed by atoms with Crippen LogP contribution in [0.1, 0.15) is 5.56 Å². The van der Waals surface area contributed by atoms with Crippen LogP contribution in [0.15, 0.2) is 59.1 Å². The number of carbonyl (C=O) groups is 1. The van der Waals surface area contributed by atoms with Crippen molar-refractivity contribution in [2.45, 2.75) is 0 Å². The number of para-hydroxylation sites is 1. The van der Waals surface area contributed by atoms with Crippen LogP contribution in [0.2, 0.25) is 5.02 Å². The second kappa shape index (κ2) is 6.55. The van der Waals surface area contributed by atoms with E-state index in [2.05, 4.69) is 21.2 Å². The number of halogens is 2. The highest BCUT2D eigenvalue weighted by molar-refractivity contribution is 9.10. The Morgan fingerprint density at radius 1 is 1.11 bits per heavy atom. The lowest BCUT2D eigenvalue weighted by Gasteiger charge is -2.03. The summed E-state index contributed by atoms with van der Waals surface area (Å²) in [6.07, 6.45) is 3.23. The number of nitrogens with one attached hydrogen (secondary N) is 1. The third kappa shape index (κ3) is 4.23. The van der Waals surface area contributed by atoms with Gasteiger partial charge in [-0.3, -0.25) is 4.79 Å². The van der Waals surface area contributed by atoms with Crippen molar-refractivity contribution in [3.05, 3.63) is 69.7 Å². The van der Waals surface area contributed by atoms with Crippen LogP contribution in [0.25, 0.3) is 6.08 Å². The number of carbonyl (C=O) groups excluding carboxylic acids is 1. The van der Waals surface area contributed by atoms with Gasteiger partial charge >= 0.3 is 0 Å². The van der Waals surface area contributed by atoms with E-state index in [1.165, 1.54) is 6.08 Å². The average molecular weight is 337 g/mol. The van der Waals surface area contributed by atoms with Crippen LogP contribution in [-0.2, 0) is 4.79 Å². The fourth-order valence-corrected chi connectivity index (χ4v) is 1.99. The Morgan fingerprint density at radius 2 is 1.79 bits per heavy atom. The molecule has 0 heterocycles. The maximum atomic E-state index is 11.8. The molecule has 0 aliphatic heterocycles. The third-order valence-corrected chi connectivity index (χ3v) is 3.37. The highest BCUT2D eigenvalue weighted by atomic mass is 79.9. The van der Waals surface area contributed by atoms with Crippen molar-refractivity contribution in [1.29, 1.82) is 0 Å². The molecule has 1 amide bonds. The first-order valence-electron chi connectivity index (χ1n) is 5.64. The second-order valence-electron chi connectivity index (χ2n) is 3.85. The zero-order valence-corrected chi connectivity index (χ0v) is 12.3. The van der Waals surface area contributed by atoms with Crippen LogP contribution < -0.4 is 5.32 Å². The molecule has 0 radical (unpaired) electrons. The summed E-state index contributed by atoms with van der Waals surface area (Å²) in [5.74, 6) is -0.179. The van der Waals surface area contributed by atoms with Crippen molar-refractivity contribution < 1.29 is 4.79 Å². The summed E-state index contributed by atoms with van der Waals surface area (Å²) in [6, 6.07) is 14.7. The smallest absolute Gasteiger partial charge is 0.248 e. The lowest BCUT2D eigenvalue weighted by atomic mass is 10.2. The summed E-state index contributed by atoms with van der Waals surface area (Å²) < 4.78 is 0.850. The van der Waals surface area contributed by atoms with Gasteiger partial charge in [-0.1, -0.05) is 35.9 Å². The average Bonchev–Trinajstić information content (AvgIpc) is 2.41. The van der Waals surface area contributed by atoms with Gasteiger partial charge in [-0.05, 0) is 51.8 Å². The molecule has 0 saturated carbocycles. The van der Waals surface area contributed by atoms with E-state index in [0.717, 1.165) is 15.7 Å². The number of hydrogen-bond acceptors (Lipinski definition) is 1. The van der Waals surface area contributed by atoms with Crippen molar-refractivity contribution >= 4 is 45.2 Å². The Morgan fingerprint density at radius 3 is 2.47 bits per heavy atom. The predicted octanol–water partition coefficient (Wildman–Crippen LogP) is 4.75. The molecule has 19 heavy (non-hydrogen) atoms. The minimum atomic E-state index is -0.179. The molecule has 1 N–H and O–H groups in total. The lowest BCUT2D eigenvalue weighted by molar-refractivity contribution is -0.111. The van der Waals surface area contributed by atoms with Gasteiger partial charge in [0.25, 0.3) is 0 Å². The third-order valence-electron chi connectivity index (χ3n) is 2.43. The van der Waals surface area contributed by atoms with Crippen molar-refractivity contribution in [3.8, 4) is 0 Å². The van der Waals surface area contributed by atoms with E-state index in [1.807, 2.05) is 36.4 Å². The van der Waals surface area contributed by atoms with Crippen molar-refractivity contribution in [2.75, 3.05) is 5.32 Å². The van der Waals surface area contributed by atoms with Crippen molar-refractivity contribution in [1.82, 2.24) is 0 Å². The van der Waals surface area contributed by atoms with E-state index in [0.29, 0.717) is 5.02 Å². The van der Waals surface area contributed by atoms with Crippen LogP contribution in [0.4, 0.5) is 5.69 Å². The number of benzene rings is 2. The molecule has 4 heteroatoms. The maximum Gasteiger partial charge on any atom is 0.248 e. The standard InChI is InChI=1S/C15H11BrClNO/c16-13-3-1-2-4-14(13)18-15(19)10-7-11-5-8-12(17)9-6-11/h1-10H,(H,18,19). The monoisotopic (exact) mass is 335 g/mol. The normalized spacial score (nSPS) is 10.6. The van der Waals surface area contributed by atoms with Gasteiger partial charge in [0.05, 0.1) is 5.69 Å². The molecule has 2 nitrogen and oxygen atoms in total. The molecule has 0 unspecified atom stereocenters. The summed E-state index contributed by atoms with van der Waals surface area (Å²) in [7, 11) is 0. The molecule has 2 rings (SSSR count). The summed E-state index contributed by atoms with van der Waals surface area (Å²) >= 11 is 9.17. The van der Waals surface area contributed by atoms with Crippen molar-refractivity contribution in [3.63, 3.8) is 0 Å². The molecular formula is C15H11BrClNO. The van der Waals surface area contributed by atoms with Crippen LogP contribution in [0, 0.1) is 0 Å². The minimum Gasteiger partial charge on any atom is -0.321 e. The second-order valence-corrected chi connectivity index (χ2v) is 5.14. The predicted molar refractivity (Wildman–Crippen MR) is 83.3 cm³/mol. The van der Waals surface area contributed by atoms with Crippen LogP contribution >= 0.6 is 27.5 Å². The fourth-order valence-electron chi connectivity index (χ4n) is 1.48. The molecule has 2 aromatic carbocycles. The fraction of sp³-hybridized carbons (Fsp3) is 0. The van der Waals surface area contributed by atoms with Gasteiger partial charge in [0.2, 0.25) is 5.91 Å². The van der Waals surface area contributed by atoms with Crippen LogP contribution in [-0.4, -0.2) is 5.91 Å². The van der Waals surface area contributed by atoms with Gasteiger partial charge in [-0.2, -0.15) is 0 Å². The highest BCUT2D eigenvalue weighted by Crippen LogP contribution is 2.21. The Bertz CT molecular complexity index is 608. The molecule has 2 aromatic rings. The van der Waals surface area contributed by atoms with Gasteiger partial charge in [0.15, 0.2) is 0 Å². The van der Waals surface area contributed by atoms with Gasteiger partial charge in [0.1, 0.15) is 0 Å². The minimum absolute atomic E-state index is 0.179. The van der Waals surface area contributed by atoms with Gasteiger partial charge in [0, 0.05) is 15.6 Å². The first kappa shape index (κ1) is 13.8. The van der Waals surface area contributed by atoms with E-state index in [-0.39, 0.29) is 5.91 Å². The number of amides is 1. The van der Waals surface area contributed by atoms with Crippen LogP contribution in [0.5, 0.6) is 0 Å². The number of hydrogen-bond donors (Lipinski definition) is 1. The van der Waals surface area contributed by atoms with Gasteiger partial charge < -0.3 is 5.32 Å². The van der Waals surface area contributed by atoms with E-state index in [9.17, 15) is 4.79 Å². The molecule has 0 aromatic heterocycles. The molecule has 96 valence electrons.